The number of rotatable bonds is 10. The second-order valence-electron chi connectivity index (χ2n) is 5.44. The van der Waals surface area contributed by atoms with Crippen LogP contribution in [-0.4, -0.2) is 55.8 Å². The van der Waals surface area contributed by atoms with Gasteiger partial charge in [0.2, 0.25) is 0 Å². The van der Waals surface area contributed by atoms with Crippen LogP contribution in [0.25, 0.3) is 0 Å². The summed E-state index contributed by atoms with van der Waals surface area (Å²) in [5.41, 5.74) is 0.407. The lowest BCUT2D eigenvalue weighted by molar-refractivity contribution is 0.148. The molecule has 0 saturated carbocycles. The fourth-order valence-electron chi connectivity index (χ4n) is 2.15. The lowest BCUT2D eigenvalue weighted by atomic mass is 9.83. The Balaban J connectivity index is 4.38. The van der Waals surface area contributed by atoms with Gasteiger partial charge in [0.25, 0.3) is 0 Å². The molecule has 0 spiro atoms. The number of hydrogen-bond acceptors (Lipinski definition) is 3. The molecule has 0 rings (SSSR count). The molecule has 0 fully saturated rings. The molecule has 0 atom stereocenters. The maximum absolute atomic E-state index is 4.58. The molecule has 0 aliphatic carbocycles. The Labute approximate surface area is 114 Å². The molecule has 17 heavy (non-hydrogen) atoms. The molecule has 0 aromatic rings. The summed E-state index contributed by atoms with van der Waals surface area (Å²) in [4.78, 5) is 4.88. The van der Waals surface area contributed by atoms with Crippen molar-refractivity contribution >= 4 is 12.6 Å². The molecule has 0 bridgehead atoms. The van der Waals surface area contributed by atoms with Crippen molar-refractivity contribution in [2.45, 2.75) is 40.0 Å². The van der Waals surface area contributed by atoms with E-state index < -0.39 is 0 Å². The first kappa shape index (κ1) is 17.3. The molecular formula is C14H32N2S. The highest BCUT2D eigenvalue weighted by Crippen LogP contribution is 2.29. The maximum Gasteiger partial charge on any atom is 0.0109 e. The molecule has 3 heteroatoms. The van der Waals surface area contributed by atoms with Crippen LogP contribution in [0.1, 0.15) is 40.0 Å². The molecule has 0 amide bonds. The minimum Gasteiger partial charge on any atom is -0.308 e. The van der Waals surface area contributed by atoms with Crippen molar-refractivity contribution in [2.75, 3.05) is 46.0 Å². The molecule has 0 heterocycles. The quantitative estimate of drug-likeness (QED) is 0.603. The monoisotopic (exact) mass is 260 g/mol. The second kappa shape index (κ2) is 9.23. The summed E-state index contributed by atoms with van der Waals surface area (Å²) < 4.78 is 0. The van der Waals surface area contributed by atoms with Gasteiger partial charge in [0.05, 0.1) is 0 Å². The zero-order chi connectivity index (χ0) is 13.3. The third-order valence-electron chi connectivity index (χ3n) is 3.80. The Hall–Kier alpha value is 0.270. The lowest BCUT2D eigenvalue weighted by Crippen LogP contribution is -2.41. The van der Waals surface area contributed by atoms with Crippen LogP contribution >= 0.6 is 12.6 Å². The first-order valence-electron chi connectivity index (χ1n) is 7.01. The van der Waals surface area contributed by atoms with Gasteiger partial charge in [-0.1, -0.05) is 20.8 Å². The predicted octanol–water partition coefficient (Wildman–Crippen LogP) is 3.00. The van der Waals surface area contributed by atoms with Crippen LogP contribution in [0, 0.1) is 5.41 Å². The van der Waals surface area contributed by atoms with Crippen molar-refractivity contribution in [1.29, 1.82) is 0 Å². The predicted molar refractivity (Wildman–Crippen MR) is 82.2 cm³/mol. The van der Waals surface area contributed by atoms with Gasteiger partial charge in [-0.3, -0.25) is 0 Å². The third-order valence-corrected chi connectivity index (χ3v) is 4.47. The minimum absolute atomic E-state index is 0.407. The Bertz CT molecular complexity index is 171. The summed E-state index contributed by atoms with van der Waals surface area (Å²) >= 11 is 4.58. The van der Waals surface area contributed by atoms with Gasteiger partial charge in [-0.05, 0) is 51.1 Å². The fraction of sp³-hybridized carbons (Fsp3) is 1.00. The minimum atomic E-state index is 0.407. The number of likely N-dealkylation sites (N-methyl/N-ethyl adjacent to an activating group) is 1. The van der Waals surface area contributed by atoms with Crippen LogP contribution in [0.15, 0.2) is 0 Å². The second-order valence-corrected chi connectivity index (χ2v) is 5.76. The van der Waals surface area contributed by atoms with Crippen LogP contribution < -0.4 is 0 Å². The largest absolute Gasteiger partial charge is 0.308 e. The Morgan fingerprint density at radius 1 is 0.941 bits per heavy atom. The average Bonchev–Trinajstić information content (AvgIpc) is 2.33. The van der Waals surface area contributed by atoms with Crippen molar-refractivity contribution in [3.8, 4) is 0 Å². The van der Waals surface area contributed by atoms with Gasteiger partial charge in [0.1, 0.15) is 0 Å². The van der Waals surface area contributed by atoms with Gasteiger partial charge in [-0.2, -0.15) is 12.6 Å². The lowest BCUT2D eigenvalue weighted by Gasteiger charge is -2.36. The molecule has 0 aliphatic rings. The van der Waals surface area contributed by atoms with Crippen LogP contribution in [0.5, 0.6) is 0 Å². The van der Waals surface area contributed by atoms with Crippen molar-refractivity contribution in [1.82, 2.24) is 9.80 Å². The first-order valence-corrected chi connectivity index (χ1v) is 7.64. The molecule has 0 N–H and O–H groups in total. The fourth-order valence-corrected chi connectivity index (χ4v) is 2.70. The van der Waals surface area contributed by atoms with Crippen molar-refractivity contribution in [2.24, 2.45) is 5.41 Å². The van der Waals surface area contributed by atoms with E-state index in [9.17, 15) is 0 Å². The van der Waals surface area contributed by atoms with Crippen LogP contribution in [-0.2, 0) is 0 Å². The van der Waals surface area contributed by atoms with E-state index in [-0.39, 0.29) is 0 Å². The number of nitrogens with zero attached hydrogens (tertiary/aromatic N) is 2. The molecule has 0 aromatic heterocycles. The van der Waals surface area contributed by atoms with Gasteiger partial charge in [-0.25, -0.2) is 0 Å². The molecule has 0 aliphatic heterocycles. The third kappa shape index (κ3) is 6.68. The van der Waals surface area contributed by atoms with Crippen LogP contribution in [0.2, 0.25) is 0 Å². The standard InChI is InChI=1S/C14H32N2S/c1-6-9-16(11-10-15(4)5)12-14(7-2,8-3)13-17/h17H,6-13H2,1-5H3. The van der Waals surface area contributed by atoms with Gasteiger partial charge in [0, 0.05) is 19.6 Å². The summed E-state index contributed by atoms with van der Waals surface area (Å²) in [6.45, 7) is 11.6. The number of hydrogen-bond donors (Lipinski definition) is 1. The highest BCUT2D eigenvalue weighted by atomic mass is 32.1. The van der Waals surface area contributed by atoms with Gasteiger partial charge in [-0.15, -0.1) is 0 Å². The number of thiol groups is 1. The summed E-state index contributed by atoms with van der Waals surface area (Å²) in [7, 11) is 4.30. The van der Waals surface area contributed by atoms with Crippen molar-refractivity contribution in [3.05, 3.63) is 0 Å². The van der Waals surface area contributed by atoms with E-state index in [0.29, 0.717) is 5.41 Å². The van der Waals surface area contributed by atoms with E-state index in [2.05, 4.69) is 57.3 Å². The molecule has 104 valence electrons. The molecular weight excluding hydrogens is 228 g/mol. The summed E-state index contributed by atoms with van der Waals surface area (Å²) in [5.74, 6) is 1.00. The summed E-state index contributed by atoms with van der Waals surface area (Å²) in [5, 5.41) is 0. The zero-order valence-electron chi connectivity index (χ0n) is 12.5. The zero-order valence-corrected chi connectivity index (χ0v) is 13.4. The summed E-state index contributed by atoms with van der Waals surface area (Å²) in [6.07, 6.45) is 3.70. The first-order chi connectivity index (χ1) is 8.03. The molecule has 0 saturated heterocycles. The van der Waals surface area contributed by atoms with Gasteiger partial charge >= 0.3 is 0 Å². The van der Waals surface area contributed by atoms with E-state index in [1.54, 1.807) is 0 Å². The normalized spacial score (nSPS) is 12.7. The van der Waals surface area contributed by atoms with Crippen molar-refractivity contribution < 1.29 is 0 Å². The Morgan fingerprint density at radius 3 is 1.88 bits per heavy atom. The van der Waals surface area contributed by atoms with E-state index in [1.165, 1.54) is 38.9 Å². The highest BCUT2D eigenvalue weighted by Gasteiger charge is 2.26. The van der Waals surface area contributed by atoms with Crippen LogP contribution in [0.4, 0.5) is 0 Å². The maximum atomic E-state index is 4.58. The Kier molecular flexibility index (Phi) is 9.38. The highest BCUT2D eigenvalue weighted by molar-refractivity contribution is 7.80. The Morgan fingerprint density at radius 2 is 1.53 bits per heavy atom. The van der Waals surface area contributed by atoms with Gasteiger partial charge < -0.3 is 9.80 Å². The topological polar surface area (TPSA) is 6.48 Å². The molecule has 0 radical (unpaired) electrons. The van der Waals surface area contributed by atoms with E-state index >= 15 is 0 Å². The summed E-state index contributed by atoms with van der Waals surface area (Å²) in [6, 6.07) is 0. The SMILES string of the molecule is CCCN(CCN(C)C)CC(CC)(CC)CS. The van der Waals surface area contributed by atoms with E-state index in [4.69, 9.17) is 0 Å². The average molecular weight is 260 g/mol. The van der Waals surface area contributed by atoms with Gasteiger partial charge in [0.15, 0.2) is 0 Å². The molecule has 0 unspecified atom stereocenters. The van der Waals surface area contributed by atoms with Crippen molar-refractivity contribution in [3.63, 3.8) is 0 Å². The smallest absolute Gasteiger partial charge is 0.0109 e. The molecule has 2 nitrogen and oxygen atoms in total. The van der Waals surface area contributed by atoms with E-state index in [0.717, 1.165) is 12.3 Å². The van der Waals surface area contributed by atoms with E-state index in [1.807, 2.05) is 0 Å². The molecule has 0 aromatic carbocycles. The van der Waals surface area contributed by atoms with Crippen LogP contribution in [0.3, 0.4) is 0 Å².